The van der Waals surface area contributed by atoms with Crippen molar-refractivity contribution in [2.45, 2.75) is 26.0 Å². The number of aromatic nitrogens is 5. The Morgan fingerprint density at radius 3 is 2.76 bits per heavy atom. The number of nitrogens with zero attached hydrogens (tertiary/aromatic N) is 5. The lowest BCUT2D eigenvalue weighted by molar-refractivity contribution is 0.00973. The Balaban J connectivity index is 2.01. The maximum absolute atomic E-state index is 13.4. The quantitative estimate of drug-likeness (QED) is 0.475. The van der Waals surface area contributed by atoms with E-state index in [1.165, 1.54) is 0 Å². The molecule has 0 aliphatic carbocycles. The average Bonchev–Trinajstić information content (AvgIpc) is 3.36. The summed E-state index contributed by atoms with van der Waals surface area (Å²) in [5.74, 6) is 0.504. The molecule has 9 nitrogen and oxygen atoms in total. The first-order chi connectivity index (χ1) is 13.9. The zero-order valence-electron chi connectivity index (χ0n) is 16.5. The molecule has 3 heterocycles. The van der Waals surface area contributed by atoms with Crippen LogP contribution in [-0.2, 0) is 21.6 Å². The zero-order valence-corrected chi connectivity index (χ0v) is 17.2. The van der Waals surface area contributed by atoms with E-state index in [0.29, 0.717) is 40.7 Å². The maximum atomic E-state index is 13.4. The Bertz CT molecular complexity index is 1260. The van der Waals surface area contributed by atoms with Crippen molar-refractivity contribution < 1.29 is 14.0 Å². The molecule has 4 aromatic rings. The second-order valence-electron chi connectivity index (χ2n) is 7.01. The van der Waals surface area contributed by atoms with Gasteiger partial charge in [0.1, 0.15) is 17.4 Å². The lowest BCUT2D eigenvalue weighted by atomic mass is 10.1. The molecule has 0 aliphatic rings. The zero-order chi connectivity index (χ0) is 20.8. The van der Waals surface area contributed by atoms with Gasteiger partial charge in [-0.2, -0.15) is 4.98 Å². The van der Waals surface area contributed by atoms with E-state index < -0.39 is 5.60 Å². The molecule has 29 heavy (non-hydrogen) atoms. The molecule has 0 fully saturated rings. The fourth-order valence-corrected chi connectivity index (χ4v) is 3.41. The van der Waals surface area contributed by atoms with Gasteiger partial charge in [-0.15, -0.1) is 0 Å². The van der Waals surface area contributed by atoms with Crippen molar-refractivity contribution in [3.63, 3.8) is 0 Å². The van der Waals surface area contributed by atoms with E-state index in [-0.39, 0.29) is 11.4 Å². The molecule has 152 valence electrons. The van der Waals surface area contributed by atoms with Gasteiger partial charge in [0.15, 0.2) is 5.69 Å². The number of ether oxygens (including phenoxy) is 2. The van der Waals surface area contributed by atoms with Crippen molar-refractivity contribution in [1.29, 1.82) is 0 Å². The molecular weight excluding hydrogens is 398 g/mol. The van der Waals surface area contributed by atoms with Crippen molar-refractivity contribution in [2.75, 3.05) is 20.8 Å². The van der Waals surface area contributed by atoms with Crippen molar-refractivity contribution in [3.05, 3.63) is 45.7 Å². The molecule has 10 heteroatoms. The molecule has 3 aromatic heterocycles. The van der Waals surface area contributed by atoms with Gasteiger partial charge in [0.25, 0.3) is 11.4 Å². The largest absolute Gasteiger partial charge is 0.383 e. The summed E-state index contributed by atoms with van der Waals surface area (Å²) < 4.78 is 19.2. The van der Waals surface area contributed by atoms with Gasteiger partial charge in [-0.25, -0.2) is 4.98 Å². The lowest BCUT2D eigenvalue weighted by Crippen LogP contribution is -2.25. The van der Waals surface area contributed by atoms with Gasteiger partial charge in [-0.3, -0.25) is 9.20 Å². The number of hydrogen-bond donors (Lipinski definition) is 0. The van der Waals surface area contributed by atoms with Crippen LogP contribution in [0.2, 0.25) is 5.02 Å². The molecular formula is C19H20ClN5O4. The normalized spacial score (nSPS) is 12.3. The number of rotatable bonds is 6. The molecule has 1 aromatic carbocycles. The van der Waals surface area contributed by atoms with Crippen LogP contribution >= 0.6 is 11.6 Å². The third kappa shape index (κ3) is 3.11. The van der Waals surface area contributed by atoms with E-state index in [2.05, 4.69) is 15.1 Å². The van der Waals surface area contributed by atoms with E-state index in [9.17, 15) is 4.79 Å². The highest BCUT2D eigenvalue weighted by Gasteiger charge is 2.28. The SMILES string of the molecule is COCCn1c(=O)c2c(-c3nc(C(C)(C)OC)no3)ncn2c2cccc(Cl)c21. The first-order valence-corrected chi connectivity index (χ1v) is 9.33. The van der Waals surface area contributed by atoms with Crippen LogP contribution in [0.1, 0.15) is 19.7 Å². The van der Waals surface area contributed by atoms with Crippen LogP contribution in [0.4, 0.5) is 0 Å². The van der Waals surface area contributed by atoms with E-state index in [1.807, 2.05) is 26.0 Å². The summed E-state index contributed by atoms with van der Waals surface area (Å²) in [6.07, 6.45) is 1.55. The van der Waals surface area contributed by atoms with Crippen LogP contribution in [0.25, 0.3) is 28.1 Å². The Kier molecular flexibility index (Phi) is 4.89. The summed E-state index contributed by atoms with van der Waals surface area (Å²) in [6, 6.07) is 5.43. The minimum Gasteiger partial charge on any atom is -0.383 e. The van der Waals surface area contributed by atoms with E-state index in [1.54, 1.807) is 35.6 Å². The third-order valence-corrected chi connectivity index (χ3v) is 5.21. The van der Waals surface area contributed by atoms with Crippen LogP contribution in [-0.4, -0.2) is 44.9 Å². The standard InChI is InChI=1S/C19H20ClN5O4/c1-19(2,28-4)18-22-16(29-23-18)13-15-17(26)24(8-9-27-3)14-11(20)6-5-7-12(14)25(15)10-21-13/h5-7,10H,8-9H2,1-4H3. The van der Waals surface area contributed by atoms with Gasteiger partial charge in [-0.1, -0.05) is 22.8 Å². The predicted molar refractivity (Wildman–Crippen MR) is 107 cm³/mol. The highest BCUT2D eigenvalue weighted by atomic mass is 35.5. The molecule has 0 bridgehead atoms. The molecule has 4 rings (SSSR count). The van der Waals surface area contributed by atoms with Crippen LogP contribution in [0.3, 0.4) is 0 Å². The van der Waals surface area contributed by atoms with E-state index in [0.717, 1.165) is 5.52 Å². The number of methoxy groups -OCH3 is 2. The summed E-state index contributed by atoms with van der Waals surface area (Å²) in [7, 11) is 3.14. The Morgan fingerprint density at radius 1 is 1.24 bits per heavy atom. The summed E-state index contributed by atoms with van der Waals surface area (Å²) in [6.45, 7) is 4.33. The van der Waals surface area contributed by atoms with Gasteiger partial charge < -0.3 is 18.6 Å². The Labute approximate surface area is 170 Å². The second-order valence-corrected chi connectivity index (χ2v) is 7.41. The Morgan fingerprint density at radius 2 is 2.03 bits per heavy atom. The van der Waals surface area contributed by atoms with Crippen LogP contribution in [0.5, 0.6) is 0 Å². The van der Waals surface area contributed by atoms with Crippen molar-refractivity contribution in [2.24, 2.45) is 0 Å². The number of para-hydroxylation sites is 1. The number of imidazole rings is 1. The van der Waals surface area contributed by atoms with E-state index >= 15 is 0 Å². The second kappa shape index (κ2) is 7.25. The molecule has 0 amide bonds. The third-order valence-electron chi connectivity index (χ3n) is 4.91. The van der Waals surface area contributed by atoms with Crippen LogP contribution < -0.4 is 5.56 Å². The van der Waals surface area contributed by atoms with Gasteiger partial charge in [0.2, 0.25) is 5.82 Å². The fraction of sp³-hybridized carbons (Fsp3) is 0.368. The predicted octanol–water partition coefficient (Wildman–Crippen LogP) is 2.88. The number of fused-ring (bicyclic) bond motifs is 3. The maximum Gasteiger partial charge on any atom is 0.279 e. The molecule has 0 N–H and O–H groups in total. The number of benzene rings is 1. The molecule has 0 aliphatic heterocycles. The summed E-state index contributed by atoms with van der Waals surface area (Å²) in [5, 5.41) is 4.46. The molecule has 0 unspecified atom stereocenters. The van der Waals surface area contributed by atoms with Gasteiger partial charge in [0, 0.05) is 20.8 Å². The van der Waals surface area contributed by atoms with E-state index in [4.69, 9.17) is 25.6 Å². The van der Waals surface area contributed by atoms with Crippen molar-refractivity contribution in [3.8, 4) is 11.6 Å². The van der Waals surface area contributed by atoms with Crippen LogP contribution in [0.15, 0.2) is 33.8 Å². The summed E-state index contributed by atoms with van der Waals surface area (Å²) in [4.78, 5) is 22.2. The molecule has 0 radical (unpaired) electrons. The van der Waals surface area contributed by atoms with Gasteiger partial charge in [-0.05, 0) is 26.0 Å². The first kappa shape index (κ1) is 19.6. The summed E-state index contributed by atoms with van der Waals surface area (Å²) >= 11 is 6.42. The van der Waals surface area contributed by atoms with Gasteiger partial charge >= 0.3 is 0 Å². The van der Waals surface area contributed by atoms with Crippen molar-refractivity contribution >= 4 is 28.2 Å². The molecule has 0 saturated carbocycles. The Hall–Kier alpha value is -2.75. The lowest BCUT2D eigenvalue weighted by Gasteiger charge is -2.17. The summed E-state index contributed by atoms with van der Waals surface area (Å²) in [5.41, 5.74) is 0.949. The minimum absolute atomic E-state index is 0.143. The minimum atomic E-state index is -0.740. The molecule has 0 spiro atoms. The first-order valence-electron chi connectivity index (χ1n) is 8.95. The van der Waals surface area contributed by atoms with Crippen molar-refractivity contribution in [1.82, 2.24) is 24.1 Å². The molecule has 0 saturated heterocycles. The van der Waals surface area contributed by atoms with Crippen LogP contribution in [0, 0.1) is 0 Å². The topological polar surface area (TPSA) is 96.7 Å². The molecule has 0 atom stereocenters. The average molecular weight is 418 g/mol. The number of hydrogen-bond acceptors (Lipinski definition) is 7. The highest BCUT2D eigenvalue weighted by molar-refractivity contribution is 6.35. The fourth-order valence-electron chi connectivity index (χ4n) is 3.14. The highest BCUT2D eigenvalue weighted by Crippen LogP contribution is 2.28. The smallest absolute Gasteiger partial charge is 0.279 e. The monoisotopic (exact) mass is 417 g/mol. The van der Waals surface area contributed by atoms with Gasteiger partial charge in [0.05, 0.1) is 22.7 Å². The number of halogens is 1.